The molecule has 0 unspecified atom stereocenters. The van der Waals surface area contributed by atoms with Crippen LogP contribution in [0.2, 0.25) is 0 Å². The second kappa shape index (κ2) is 5.22. The molecule has 96 valence electrons. The van der Waals surface area contributed by atoms with E-state index in [2.05, 4.69) is 5.32 Å². The van der Waals surface area contributed by atoms with Crippen LogP contribution in [0.5, 0.6) is 0 Å². The molecule has 2 rings (SSSR count). The van der Waals surface area contributed by atoms with Crippen molar-refractivity contribution in [1.29, 1.82) is 0 Å². The maximum Gasteiger partial charge on any atom is 0.335 e. The minimum Gasteiger partial charge on any atom is -0.478 e. The second-order valence-corrected chi connectivity index (χ2v) is 3.92. The Balaban J connectivity index is 2.15. The summed E-state index contributed by atoms with van der Waals surface area (Å²) in [6, 6.07) is 12.6. The van der Waals surface area contributed by atoms with Crippen molar-refractivity contribution in [2.75, 3.05) is 11.1 Å². The van der Waals surface area contributed by atoms with Crippen LogP contribution in [0.3, 0.4) is 0 Å². The first-order valence-corrected chi connectivity index (χ1v) is 5.57. The van der Waals surface area contributed by atoms with Gasteiger partial charge in [0, 0.05) is 11.4 Å². The van der Waals surface area contributed by atoms with Gasteiger partial charge in [-0.05, 0) is 36.4 Å². The van der Waals surface area contributed by atoms with Gasteiger partial charge in [-0.2, -0.15) is 0 Å². The number of carboxylic acid groups (broad SMARTS) is 1. The fraction of sp³-hybridized carbons (Fsp3) is 0. The molecule has 5 nitrogen and oxygen atoms in total. The first kappa shape index (κ1) is 12.6. The number of aromatic carboxylic acids is 1. The van der Waals surface area contributed by atoms with Crippen molar-refractivity contribution >= 4 is 23.3 Å². The number of hydrogen-bond acceptors (Lipinski definition) is 3. The molecule has 19 heavy (non-hydrogen) atoms. The van der Waals surface area contributed by atoms with Crippen LogP contribution in [0, 0.1) is 0 Å². The number of benzene rings is 2. The van der Waals surface area contributed by atoms with Crippen molar-refractivity contribution in [3.05, 3.63) is 59.7 Å². The number of rotatable bonds is 3. The van der Waals surface area contributed by atoms with Gasteiger partial charge in [-0.15, -0.1) is 0 Å². The van der Waals surface area contributed by atoms with Gasteiger partial charge >= 0.3 is 5.97 Å². The van der Waals surface area contributed by atoms with Gasteiger partial charge in [-0.1, -0.05) is 12.1 Å². The number of carbonyl (C=O) groups is 2. The molecular weight excluding hydrogens is 244 g/mol. The zero-order chi connectivity index (χ0) is 13.8. The fourth-order valence-corrected chi connectivity index (χ4v) is 1.60. The van der Waals surface area contributed by atoms with E-state index < -0.39 is 5.97 Å². The quantitative estimate of drug-likeness (QED) is 0.734. The van der Waals surface area contributed by atoms with Gasteiger partial charge < -0.3 is 16.2 Å². The number of amides is 1. The van der Waals surface area contributed by atoms with Crippen molar-refractivity contribution in [3.8, 4) is 0 Å². The summed E-state index contributed by atoms with van der Waals surface area (Å²) in [6.07, 6.45) is 0. The van der Waals surface area contributed by atoms with Crippen LogP contribution in [0.15, 0.2) is 48.5 Å². The Kier molecular flexibility index (Phi) is 3.47. The van der Waals surface area contributed by atoms with Crippen LogP contribution in [0.1, 0.15) is 20.7 Å². The lowest BCUT2D eigenvalue weighted by atomic mass is 10.1. The van der Waals surface area contributed by atoms with Crippen LogP contribution in [-0.2, 0) is 0 Å². The normalized spacial score (nSPS) is 9.89. The zero-order valence-corrected chi connectivity index (χ0v) is 9.96. The highest BCUT2D eigenvalue weighted by molar-refractivity contribution is 6.07. The minimum atomic E-state index is -1.01. The van der Waals surface area contributed by atoms with E-state index in [0.717, 1.165) is 0 Å². The number of hydrogen-bond donors (Lipinski definition) is 3. The molecule has 0 heterocycles. The third kappa shape index (κ3) is 2.90. The van der Waals surface area contributed by atoms with Gasteiger partial charge in [-0.3, -0.25) is 4.79 Å². The Morgan fingerprint density at radius 2 is 1.63 bits per heavy atom. The third-order valence-corrected chi connectivity index (χ3v) is 2.60. The Bertz CT molecular complexity index is 621. The Labute approximate surface area is 109 Å². The molecule has 2 aromatic carbocycles. The number of para-hydroxylation sites is 1. The summed E-state index contributed by atoms with van der Waals surface area (Å²) in [5.74, 6) is -1.34. The van der Waals surface area contributed by atoms with E-state index in [4.69, 9.17) is 10.8 Å². The molecule has 0 aromatic heterocycles. The molecule has 0 bridgehead atoms. The number of carbonyl (C=O) groups excluding carboxylic acids is 1. The van der Waals surface area contributed by atoms with Crippen LogP contribution in [0.25, 0.3) is 0 Å². The second-order valence-electron chi connectivity index (χ2n) is 3.92. The van der Waals surface area contributed by atoms with Crippen LogP contribution in [0.4, 0.5) is 11.4 Å². The molecule has 0 saturated carbocycles. The average Bonchev–Trinajstić information content (AvgIpc) is 2.39. The van der Waals surface area contributed by atoms with Crippen LogP contribution < -0.4 is 11.1 Å². The fourth-order valence-electron chi connectivity index (χ4n) is 1.60. The van der Waals surface area contributed by atoms with Gasteiger partial charge in [-0.25, -0.2) is 4.79 Å². The first-order valence-electron chi connectivity index (χ1n) is 5.57. The lowest BCUT2D eigenvalue weighted by molar-refractivity contribution is 0.0696. The van der Waals surface area contributed by atoms with Gasteiger partial charge in [0.15, 0.2) is 0 Å². The molecule has 4 N–H and O–H groups in total. The summed E-state index contributed by atoms with van der Waals surface area (Å²) in [5.41, 5.74) is 7.15. The number of carboxylic acids is 1. The van der Waals surface area contributed by atoms with Crippen LogP contribution >= 0.6 is 0 Å². The molecule has 0 aliphatic heterocycles. The molecule has 1 amide bonds. The Morgan fingerprint density at radius 3 is 2.21 bits per heavy atom. The van der Waals surface area contributed by atoms with Crippen molar-refractivity contribution in [2.45, 2.75) is 0 Å². The summed E-state index contributed by atoms with van der Waals surface area (Å²) >= 11 is 0. The van der Waals surface area contributed by atoms with E-state index in [-0.39, 0.29) is 11.5 Å². The van der Waals surface area contributed by atoms with E-state index in [0.29, 0.717) is 16.9 Å². The van der Waals surface area contributed by atoms with Crippen LogP contribution in [-0.4, -0.2) is 17.0 Å². The lowest BCUT2D eigenvalue weighted by Crippen LogP contribution is -2.13. The number of anilines is 2. The number of nitrogens with two attached hydrogens (primary N) is 1. The van der Waals surface area contributed by atoms with Gasteiger partial charge in [0.1, 0.15) is 0 Å². The molecule has 0 aliphatic carbocycles. The monoisotopic (exact) mass is 256 g/mol. The largest absolute Gasteiger partial charge is 0.478 e. The molecule has 0 aliphatic rings. The highest BCUT2D eigenvalue weighted by atomic mass is 16.4. The van der Waals surface area contributed by atoms with E-state index in [1.165, 1.54) is 24.3 Å². The third-order valence-electron chi connectivity index (χ3n) is 2.60. The van der Waals surface area contributed by atoms with Crippen molar-refractivity contribution in [2.24, 2.45) is 0 Å². The number of nitrogens with one attached hydrogen (secondary N) is 1. The molecule has 5 heteroatoms. The highest BCUT2D eigenvalue weighted by Gasteiger charge is 2.09. The van der Waals surface area contributed by atoms with Crippen molar-refractivity contribution in [1.82, 2.24) is 0 Å². The maximum atomic E-state index is 11.9. The topological polar surface area (TPSA) is 92.4 Å². The van der Waals surface area contributed by atoms with Gasteiger partial charge in [0.05, 0.1) is 11.1 Å². The van der Waals surface area contributed by atoms with Crippen molar-refractivity contribution in [3.63, 3.8) is 0 Å². The zero-order valence-electron chi connectivity index (χ0n) is 9.96. The SMILES string of the molecule is Nc1ccccc1C(=O)Nc1ccc(C(=O)O)cc1. The molecular formula is C14H12N2O3. The average molecular weight is 256 g/mol. The smallest absolute Gasteiger partial charge is 0.335 e. The summed E-state index contributed by atoms with van der Waals surface area (Å²) in [5, 5.41) is 11.4. The van der Waals surface area contributed by atoms with Crippen molar-refractivity contribution < 1.29 is 14.7 Å². The summed E-state index contributed by atoms with van der Waals surface area (Å²) in [6.45, 7) is 0. The Hall–Kier alpha value is -2.82. The summed E-state index contributed by atoms with van der Waals surface area (Å²) < 4.78 is 0. The molecule has 0 saturated heterocycles. The Morgan fingerprint density at radius 1 is 1.00 bits per heavy atom. The molecule has 0 fully saturated rings. The van der Waals surface area contributed by atoms with E-state index >= 15 is 0 Å². The van der Waals surface area contributed by atoms with Gasteiger partial charge in [0.2, 0.25) is 0 Å². The summed E-state index contributed by atoms with van der Waals surface area (Å²) in [4.78, 5) is 22.6. The minimum absolute atomic E-state index is 0.164. The van der Waals surface area contributed by atoms with E-state index in [9.17, 15) is 9.59 Å². The predicted octanol–water partition coefficient (Wildman–Crippen LogP) is 2.22. The van der Waals surface area contributed by atoms with Gasteiger partial charge in [0.25, 0.3) is 5.91 Å². The maximum absolute atomic E-state index is 11.9. The lowest BCUT2D eigenvalue weighted by Gasteiger charge is -2.07. The standard InChI is InChI=1S/C14H12N2O3/c15-12-4-2-1-3-11(12)13(17)16-10-7-5-9(6-8-10)14(18)19/h1-8H,15H2,(H,16,17)(H,18,19). The van der Waals surface area contributed by atoms with E-state index in [1.807, 2.05) is 0 Å². The van der Waals surface area contributed by atoms with E-state index in [1.54, 1.807) is 24.3 Å². The number of nitrogen functional groups attached to an aromatic ring is 1. The predicted molar refractivity (Wildman–Crippen MR) is 72.2 cm³/mol. The molecule has 0 radical (unpaired) electrons. The first-order chi connectivity index (χ1) is 9.08. The summed E-state index contributed by atoms with van der Waals surface area (Å²) in [7, 11) is 0. The highest BCUT2D eigenvalue weighted by Crippen LogP contribution is 2.15. The molecule has 0 atom stereocenters. The molecule has 2 aromatic rings. The molecule has 0 spiro atoms.